The quantitative estimate of drug-likeness (QED) is 0.432. The smallest absolute Gasteiger partial charge is 0.205 e. The SMILES string of the molecule is CCCC(=O)C#CCOC. The van der Waals surface area contributed by atoms with E-state index in [2.05, 4.69) is 16.6 Å². The molecule has 0 aliphatic heterocycles. The molecule has 0 aliphatic rings. The number of ether oxygens (including phenoxy) is 1. The van der Waals surface area contributed by atoms with Crippen molar-refractivity contribution in [2.75, 3.05) is 13.7 Å². The average Bonchev–Trinajstić information content (AvgIpc) is 1.89. The first-order chi connectivity index (χ1) is 4.81. The molecule has 0 fully saturated rings. The van der Waals surface area contributed by atoms with Gasteiger partial charge in [-0.1, -0.05) is 12.8 Å². The van der Waals surface area contributed by atoms with Gasteiger partial charge in [0.05, 0.1) is 0 Å². The van der Waals surface area contributed by atoms with Gasteiger partial charge in [-0.05, 0) is 12.3 Å². The van der Waals surface area contributed by atoms with Crippen LogP contribution >= 0.6 is 0 Å². The first kappa shape index (κ1) is 9.19. The second-order valence-electron chi connectivity index (χ2n) is 1.91. The maximum atomic E-state index is 10.7. The summed E-state index contributed by atoms with van der Waals surface area (Å²) < 4.78 is 4.64. The number of ketones is 1. The lowest BCUT2D eigenvalue weighted by molar-refractivity contribution is -0.113. The Hall–Kier alpha value is -0.810. The number of methoxy groups -OCH3 is 1. The zero-order chi connectivity index (χ0) is 7.82. The van der Waals surface area contributed by atoms with E-state index < -0.39 is 0 Å². The molecule has 0 bridgehead atoms. The van der Waals surface area contributed by atoms with Crippen LogP contribution in [0.25, 0.3) is 0 Å². The molecular formula is C8H12O2. The summed E-state index contributed by atoms with van der Waals surface area (Å²) >= 11 is 0. The molecule has 0 unspecified atom stereocenters. The first-order valence-corrected chi connectivity index (χ1v) is 3.32. The van der Waals surface area contributed by atoms with Crippen LogP contribution in [0.4, 0.5) is 0 Å². The van der Waals surface area contributed by atoms with Crippen molar-refractivity contribution in [3.8, 4) is 11.8 Å². The van der Waals surface area contributed by atoms with Gasteiger partial charge in [-0.3, -0.25) is 4.79 Å². The van der Waals surface area contributed by atoms with Gasteiger partial charge in [0, 0.05) is 13.5 Å². The summed E-state index contributed by atoms with van der Waals surface area (Å²) in [6, 6.07) is 0. The van der Waals surface area contributed by atoms with Crippen molar-refractivity contribution in [3.63, 3.8) is 0 Å². The molecule has 0 saturated carbocycles. The first-order valence-electron chi connectivity index (χ1n) is 3.32. The second-order valence-corrected chi connectivity index (χ2v) is 1.91. The van der Waals surface area contributed by atoms with Crippen LogP contribution in [-0.4, -0.2) is 19.5 Å². The minimum atomic E-state index is -0.000417. The van der Waals surface area contributed by atoms with Gasteiger partial charge < -0.3 is 4.74 Å². The highest BCUT2D eigenvalue weighted by atomic mass is 16.5. The molecule has 2 nitrogen and oxygen atoms in total. The molecule has 0 amide bonds. The minimum Gasteiger partial charge on any atom is -0.372 e. The third-order valence-electron chi connectivity index (χ3n) is 0.921. The van der Waals surface area contributed by atoms with Crippen LogP contribution in [0, 0.1) is 11.8 Å². The highest BCUT2D eigenvalue weighted by molar-refractivity contribution is 5.95. The molecule has 0 heterocycles. The van der Waals surface area contributed by atoms with E-state index in [9.17, 15) is 4.79 Å². The van der Waals surface area contributed by atoms with E-state index in [0.717, 1.165) is 6.42 Å². The molecule has 0 aromatic rings. The lowest BCUT2D eigenvalue weighted by atomic mass is 10.2. The summed E-state index contributed by atoms with van der Waals surface area (Å²) in [6.07, 6.45) is 1.41. The van der Waals surface area contributed by atoms with Crippen molar-refractivity contribution in [1.82, 2.24) is 0 Å². The van der Waals surface area contributed by atoms with Crippen molar-refractivity contribution in [2.24, 2.45) is 0 Å². The molecule has 0 spiro atoms. The topological polar surface area (TPSA) is 26.3 Å². The van der Waals surface area contributed by atoms with E-state index in [4.69, 9.17) is 0 Å². The number of hydrogen-bond donors (Lipinski definition) is 0. The standard InChI is InChI=1S/C8H12O2/c1-3-5-8(9)6-4-7-10-2/h3,5,7H2,1-2H3. The van der Waals surface area contributed by atoms with E-state index >= 15 is 0 Å². The number of carbonyl (C=O) groups excluding carboxylic acids is 1. The van der Waals surface area contributed by atoms with Crippen molar-refractivity contribution in [3.05, 3.63) is 0 Å². The van der Waals surface area contributed by atoms with Gasteiger partial charge >= 0.3 is 0 Å². The Labute approximate surface area is 61.6 Å². The largest absolute Gasteiger partial charge is 0.372 e. The summed E-state index contributed by atoms with van der Waals surface area (Å²) in [6.45, 7) is 2.30. The van der Waals surface area contributed by atoms with Gasteiger partial charge in [0.1, 0.15) is 6.61 Å². The molecule has 0 N–H and O–H groups in total. The maximum Gasteiger partial charge on any atom is 0.205 e. The van der Waals surface area contributed by atoms with Crippen molar-refractivity contribution in [2.45, 2.75) is 19.8 Å². The van der Waals surface area contributed by atoms with E-state index in [0.29, 0.717) is 13.0 Å². The highest BCUT2D eigenvalue weighted by Crippen LogP contribution is 1.85. The Bertz CT molecular complexity index is 150. The van der Waals surface area contributed by atoms with Crippen LogP contribution in [0.15, 0.2) is 0 Å². The van der Waals surface area contributed by atoms with Crippen LogP contribution in [0.1, 0.15) is 19.8 Å². The van der Waals surface area contributed by atoms with Crippen molar-refractivity contribution < 1.29 is 9.53 Å². The molecule has 0 radical (unpaired) electrons. The van der Waals surface area contributed by atoms with Gasteiger partial charge in [-0.25, -0.2) is 0 Å². The Balaban J connectivity index is 3.48. The van der Waals surface area contributed by atoms with Crippen molar-refractivity contribution >= 4 is 5.78 Å². The molecule has 0 rings (SSSR count). The van der Waals surface area contributed by atoms with Gasteiger partial charge in [-0.15, -0.1) is 0 Å². The molecule has 0 aliphatic carbocycles. The predicted molar refractivity (Wildman–Crippen MR) is 39.6 cm³/mol. The molecule has 56 valence electrons. The van der Waals surface area contributed by atoms with Crippen LogP contribution in [0.5, 0.6) is 0 Å². The summed E-state index contributed by atoms with van der Waals surface area (Å²) in [5.41, 5.74) is 0. The van der Waals surface area contributed by atoms with E-state index in [1.807, 2.05) is 6.92 Å². The average molecular weight is 140 g/mol. The monoisotopic (exact) mass is 140 g/mol. The maximum absolute atomic E-state index is 10.7. The molecule has 0 saturated heterocycles. The van der Waals surface area contributed by atoms with Crippen molar-refractivity contribution in [1.29, 1.82) is 0 Å². The fourth-order valence-electron chi connectivity index (χ4n) is 0.496. The zero-order valence-corrected chi connectivity index (χ0v) is 6.44. The molecule has 0 aromatic carbocycles. The summed E-state index contributed by atoms with van der Waals surface area (Å²) in [5.74, 6) is 5.07. The third kappa shape index (κ3) is 5.33. The summed E-state index contributed by atoms with van der Waals surface area (Å²) in [5, 5.41) is 0. The fraction of sp³-hybridized carbons (Fsp3) is 0.625. The number of Topliss-reactive ketones (excluding diaryl/α,β-unsaturated/α-hetero) is 1. The molecule has 0 atom stereocenters. The Kier molecular flexibility index (Phi) is 5.80. The van der Waals surface area contributed by atoms with Gasteiger partial charge in [-0.2, -0.15) is 0 Å². The van der Waals surface area contributed by atoms with E-state index in [1.165, 1.54) is 0 Å². The Morgan fingerprint density at radius 3 is 2.80 bits per heavy atom. The minimum absolute atomic E-state index is 0.000417. The second kappa shape index (κ2) is 6.31. The van der Waals surface area contributed by atoms with Crippen LogP contribution in [0.2, 0.25) is 0 Å². The van der Waals surface area contributed by atoms with Crippen LogP contribution in [-0.2, 0) is 9.53 Å². The normalized spacial score (nSPS) is 8.20. The van der Waals surface area contributed by atoms with Gasteiger partial charge in [0.15, 0.2) is 0 Å². The fourth-order valence-corrected chi connectivity index (χ4v) is 0.496. The summed E-state index contributed by atoms with van der Waals surface area (Å²) in [7, 11) is 1.55. The van der Waals surface area contributed by atoms with E-state index in [1.54, 1.807) is 7.11 Å². The predicted octanol–water partition coefficient (Wildman–Crippen LogP) is 1.01. The number of carbonyl (C=O) groups is 1. The number of hydrogen-bond acceptors (Lipinski definition) is 2. The molecule has 10 heavy (non-hydrogen) atoms. The Morgan fingerprint density at radius 1 is 1.60 bits per heavy atom. The zero-order valence-electron chi connectivity index (χ0n) is 6.44. The van der Waals surface area contributed by atoms with Crippen LogP contribution < -0.4 is 0 Å². The highest BCUT2D eigenvalue weighted by Gasteiger charge is 1.90. The van der Waals surface area contributed by atoms with Gasteiger partial charge in [0.2, 0.25) is 5.78 Å². The van der Waals surface area contributed by atoms with Crippen LogP contribution in [0.3, 0.4) is 0 Å². The molecular weight excluding hydrogens is 128 g/mol. The summed E-state index contributed by atoms with van der Waals surface area (Å²) in [4.78, 5) is 10.7. The molecule has 0 aromatic heterocycles. The lowest BCUT2D eigenvalue weighted by Gasteiger charge is -1.84. The lowest BCUT2D eigenvalue weighted by Crippen LogP contribution is -1.92. The van der Waals surface area contributed by atoms with E-state index in [-0.39, 0.29) is 5.78 Å². The van der Waals surface area contributed by atoms with Gasteiger partial charge in [0.25, 0.3) is 0 Å². The Morgan fingerprint density at radius 2 is 2.30 bits per heavy atom. The molecule has 2 heteroatoms. The third-order valence-corrected chi connectivity index (χ3v) is 0.921. The number of rotatable bonds is 3.